The summed E-state index contributed by atoms with van der Waals surface area (Å²) >= 11 is 1.28. The molecule has 2 N–H and O–H groups in total. The summed E-state index contributed by atoms with van der Waals surface area (Å²) in [4.78, 5) is 36.1. The van der Waals surface area contributed by atoms with E-state index in [0.29, 0.717) is 17.8 Å². The molecule has 0 spiro atoms. The molecule has 4 rings (SSSR count). The van der Waals surface area contributed by atoms with Gasteiger partial charge in [0.15, 0.2) is 0 Å². The van der Waals surface area contributed by atoms with Gasteiger partial charge in [0.2, 0.25) is 17.7 Å². The summed E-state index contributed by atoms with van der Waals surface area (Å²) in [6, 6.07) is 7.47. The molecule has 0 aliphatic carbocycles. The topological polar surface area (TPSA) is 106 Å². The van der Waals surface area contributed by atoms with Crippen molar-refractivity contribution in [2.45, 2.75) is 32.2 Å². The van der Waals surface area contributed by atoms with Crippen molar-refractivity contribution < 1.29 is 14.4 Å². The van der Waals surface area contributed by atoms with Gasteiger partial charge >= 0.3 is 0 Å². The van der Waals surface area contributed by atoms with Crippen LogP contribution in [0.1, 0.15) is 30.1 Å². The highest BCUT2D eigenvalue weighted by molar-refractivity contribution is 7.04. The number of piperidine rings is 1. The van der Waals surface area contributed by atoms with Gasteiger partial charge in [-0.2, -0.15) is 9.47 Å². The summed E-state index contributed by atoms with van der Waals surface area (Å²) in [5, 5.41) is 12.3. The van der Waals surface area contributed by atoms with Crippen LogP contribution in [0.2, 0.25) is 0 Å². The van der Waals surface area contributed by atoms with Gasteiger partial charge in [0.05, 0.1) is 28.5 Å². The molecule has 1 aromatic carbocycles. The van der Waals surface area contributed by atoms with Crippen LogP contribution in [-0.2, 0) is 20.9 Å². The maximum absolute atomic E-state index is 12.4. The molecule has 27 heavy (non-hydrogen) atoms. The second-order valence-electron chi connectivity index (χ2n) is 6.43. The lowest BCUT2D eigenvalue weighted by Gasteiger charge is -2.19. The number of imide groups is 1. The lowest BCUT2D eigenvalue weighted by atomic mass is 9.93. The predicted molar refractivity (Wildman–Crippen MR) is 100 cm³/mol. The minimum Gasteiger partial charge on any atom is -0.322 e. The van der Waals surface area contributed by atoms with Crippen molar-refractivity contribution in [1.29, 1.82) is 0 Å². The number of para-hydroxylation sites is 1. The van der Waals surface area contributed by atoms with Gasteiger partial charge in [-0.05, 0) is 30.9 Å². The Morgan fingerprint density at radius 1 is 1.37 bits per heavy atom. The number of carbonyl (C=O) groups excluding carboxylic acids is 3. The zero-order chi connectivity index (χ0) is 19.0. The molecular formula is C18H17N5O3S. The van der Waals surface area contributed by atoms with Crippen molar-refractivity contribution >= 4 is 45.8 Å². The van der Waals surface area contributed by atoms with Gasteiger partial charge in [-0.15, -0.1) is 0 Å². The van der Waals surface area contributed by atoms with Crippen molar-refractivity contribution in [1.82, 2.24) is 19.5 Å². The molecule has 3 heterocycles. The highest BCUT2D eigenvalue weighted by atomic mass is 32.1. The summed E-state index contributed by atoms with van der Waals surface area (Å²) in [6.07, 6.45) is 0.695. The Balaban J connectivity index is 1.64. The molecule has 9 heteroatoms. The monoisotopic (exact) mass is 383 g/mol. The Hall–Kier alpha value is -3.07. The normalized spacial score (nSPS) is 17.1. The number of aryl methyl sites for hydroxylation is 1. The van der Waals surface area contributed by atoms with Crippen LogP contribution < -0.4 is 10.6 Å². The predicted octanol–water partition coefficient (Wildman–Crippen LogP) is 1.96. The van der Waals surface area contributed by atoms with Crippen LogP contribution in [0.4, 0.5) is 5.69 Å². The number of carbonyl (C=O) groups is 3. The maximum Gasteiger partial charge on any atom is 0.246 e. The first-order valence-corrected chi connectivity index (χ1v) is 9.36. The van der Waals surface area contributed by atoms with E-state index in [-0.39, 0.29) is 30.7 Å². The Morgan fingerprint density at radius 2 is 2.19 bits per heavy atom. The van der Waals surface area contributed by atoms with E-state index >= 15 is 0 Å². The molecule has 2 aromatic heterocycles. The summed E-state index contributed by atoms with van der Waals surface area (Å²) in [5.74, 6) is -1.33. The first-order valence-electron chi connectivity index (χ1n) is 8.53. The minimum atomic E-state index is -0.500. The molecule has 1 saturated heterocycles. The molecule has 1 aliphatic heterocycles. The van der Waals surface area contributed by atoms with E-state index in [1.807, 2.05) is 31.2 Å². The SMILES string of the molecule is Cc1nscc1NC(=O)Cn1nc(C2CCC(=O)NC2=O)c2ccccc21. The number of hydrogen-bond donors (Lipinski definition) is 2. The van der Waals surface area contributed by atoms with E-state index in [9.17, 15) is 14.4 Å². The Kier molecular flexibility index (Phi) is 4.44. The van der Waals surface area contributed by atoms with Crippen LogP contribution in [0.5, 0.6) is 0 Å². The number of benzene rings is 1. The average Bonchev–Trinajstić information content (AvgIpc) is 3.19. The van der Waals surface area contributed by atoms with Crippen LogP contribution >= 0.6 is 11.5 Å². The molecule has 8 nitrogen and oxygen atoms in total. The third kappa shape index (κ3) is 3.33. The second kappa shape index (κ2) is 6.92. The lowest BCUT2D eigenvalue weighted by molar-refractivity contribution is -0.134. The van der Waals surface area contributed by atoms with E-state index in [4.69, 9.17) is 0 Å². The number of nitrogens with zero attached hydrogens (tertiary/aromatic N) is 3. The third-order valence-corrected chi connectivity index (χ3v) is 5.29. The van der Waals surface area contributed by atoms with Gasteiger partial charge < -0.3 is 5.32 Å². The molecule has 0 radical (unpaired) electrons. The fourth-order valence-electron chi connectivity index (χ4n) is 3.22. The number of anilines is 1. The van der Waals surface area contributed by atoms with E-state index in [1.54, 1.807) is 10.1 Å². The Labute approximate surface area is 158 Å². The van der Waals surface area contributed by atoms with Crippen LogP contribution in [0.25, 0.3) is 10.9 Å². The van der Waals surface area contributed by atoms with Gasteiger partial charge in [0, 0.05) is 17.2 Å². The second-order valence-corrected chi connectivity index (χ2v) is 7.05. The van der Waals surface area contributed by atoms with Crippen molar-refractivity contribution in [2.24, 2.45) is 0 Å². The van der Waals surface area contributed by atoms with Crippen LogP contribution in [0, 0.1) is 6.92 Å². The first kappa shape index (κ1) is 17.3. The summed E-state index contributed by atoms with van der Waals surface area (Å²) in [5.41, 5.74) is 2.82. The molecule has 3 aromatic rings. The van der Waals surface area contributed by atoms with Crippen LogP contribution in [0.3, 0.4) is 0 Å². The molecule has 0 bridgehead atoms. The van der Waals surface area contributed by atoms with Crippen molar-refractivity contribution in [3.63, 3.8) is 0 Å². The highest BCUT2D eigenvalue weighted by Crippen LogP contribution is 2.30. The van der Waals surface area contributed by atoms with Crippen molar-refractivity contribution in [2.75, 3.05) is 5.32 Å². The zero-order valence-electron chi connectivity index (χ0n) is 14.6. The van der Waals surface area contributed by atoms with E-state index in [2.05, 4.69) is 20.1 Å². The van der Waals surface area contributed by atoms with Gasteiger partial charge in [-0.1, -0.05) is 18.2 Å². The maximum atomic E-state index is 12.4. The van der Waals surface area contributed by atoms with Gasteiger partial charge in [0.25, 0.3) is 0 Å². The zero-order valence-corrected chi connectivity index (χ0v) is 15.4. The number of fused-ring (bicyclic) bond motifs is 1. The smallest absolute Gasteiger partial charge is 0.246 e. The van der Waals surface area contributed by atoms with Crippen molar-refractivity contribution in [3.8, 4) is 0 Å². The van der Waals surface area contributed by atoms with Gasteiger partial charge in [-0.25, -0.2) is 0 Å². The molecule has 138 valence electrons. The third-order valence-electron chi connectivity index (χ3n) is 4.57. The number of hydrogen-bond acceptors (Lipinski definition) is 6. The van der Waals surface area contributed by atoms with Gasteiger partial charge in [0.1, 0.15) is 6.54 Å². The van der Waals surface area contributed by atoms with E-state index in [0.717, 1.165) is 16.6 Å². The summed E-state index contributed by atoms with van der Waals surface area (Å²) < 4.78 is 5.74. The summed E-state index contributed by atoms with van der Waals surface area (Å²) in [7, 11) is 0. The fraction of sp³-hybridized carbons (Fsp3) is 0.278. The van der Waals surface area contributed by atoms with E-state index < -0.39 is 5.92 Å². The fourth-order valence-corrected chi connectivity index (χ4v) is 3.87. The van der Waals surface area contributed by atoms with Crippen LogP contribution in [-0.4, -0.2) is 31.9 Å². The molecule has 1 unspecified atom stereocenters. The quantitative estimate of drug-likeness (QED) is 0.670. The standard InChI is InChI=1S/C18H17N5O3S/c1-10-13(9-27-22-10)19-16(25)8-23-14-5-3-2-4-11(14)17(21-23)12-6-7-15(24)20-18(12)26/h2-5,9,12H,6-8H2,1H3,(H,19,25)(H,20,24,26). The molecule has 3 amide bonds. The number of nitrogens with one attached hydrogen (secondary N) is 2. The molecule has 1 atom stereocenters. The largest absolute Gasteiger partial charge is 0.322 e. The number of aromatic nitrogens is 3. The average molecular weight is 383 g/mol. The first-order chi connectivity index (χ1) is 13.0. The number of rotatable bonds is 4. The number of amides is 3. The summed E-state index contributed by atoms with van der Waals surface area (Å²) in [6.45, 7) is 1.85. The van der Waals surface area contributed by atoms with E-state index in [1.165, 1.54) is 11.5 Å². The van der Waals surface area contributed by atoms with Crippen LogP contribution in [0.15, 0.2) is 29.6 Å². The highest BCUT2D eigenvalue weighted by Gasteiger charge is 2.31. The Bertz CT molecular complexity index is 1050. The molecule has 0 saturated carbocycles. The van der Waals surface area contributed by atoms with Crippen molar-refractivity contribution in [3.05, 3.63) is 41.0 Å². The Morgan fingerprint density at radius 3 is 2.93 bits per heavy atom. The molecule has 1 fully saturated rings. The van der Waals surface area contributed by atoms with Gasteiger partial charge in [-0.3, -0.25) is 24.4 Å². The minimum absolute atomic E-state index is 0.0169. The lowest BCUT2D eigenvalue weighted by Crippen LogP contribution is -2.39. The molecular weight excluding hydrogens is 366 g/mol. The molecule has 1 aliphatic rings.